The molecule has 3 aromatic rings. The average Bonchev–Trinajstić information content (AvgIpc) is 3.60. The molecule has 0 radical (unpaired) electrons. The van der Waals surface area contributed by atoms with Crippen molar-refractivity contribution >= 4 is 23.1 Å². The summed E-state index contributed by atoms with van der Waals surface area (Å²) in [5.41, 5.74) is 1.90. The predicted octanol–water partition coefficient (Wildman–Crippen LogP) is 3.68. The number of ether oxygens (including phenoxy) is 1. The molecule has 280 valence electrons. The van der Waals surface area contributed by atoms with E-state index in [1.54, 1.807) is 6.07 Å². The number of carbonyl (C=O) groups excluding carboxylic acids is 2. The zero-order valence-corrected chi connectivity index (χ0v) is 26.4. The summed E-state index contributed by atoms with van der Waals surface area (Å²) in [5.74, 6) is -4.51. The van der Waals surface area contributed by atoms with Crippen molar-refractivity contribution in [1.29, 1.82) is 0 Å². The third kappa shape index (κ3) is 7.46. The lowest BCUT2D eigenvalue weighted by molar-refractivity contribution is -0.367. The van der Waals surface area contributed by atoms with Crippen LogP contribution in [0.5, 0.6) is 5.88 Å². The lowest BCUT2D eigenvalue weighted by Gasteiger charge is -2.32. The zero-order valence-electron chi connectivity index (χ0n) is 26.4. The van der Waals surface area contributed by atoms with Crippen LogP contribution < -0.4 is 15.8 Å². The van der Waals surface area contributed by atoms with Crippen molar-refractivity contribution in [1.82, 2.24) is 34.7 Å². The van der Waals surface area contributed by atoms with Gasteiger partial charge in [-0.3, -0.25) is 14.5 Å². The third-order valence-corrected chi connectivity index (χ3v) is 8.95. The fraction of sp³-hybridized carbons (Fsp3) is 0.552. The van der Waals surface area contributed by atoms with E-state index in [1.165, 1.54) is 16.8 Å². The van der Waals surface area contributed by atoms with Gasteiger partial charge in [0.05, 0.1) is 37.7 Å². The molecule has 2 fully saturated rings. The SMILES string of the molecule is COc1ncc(-c2cc(CN3CCC(C(F)(F)F)CC3)c3c(N)ncnn23)cc1C(=O)N[C@@H]1CN(C(=O)CC(O)(C(F)(F)F)C(F)(F)F)C[C@@H]1F. The van der Waals surface area contributed by atoms with E-state index in [-0.39, 0.29) is 55.3 Å². The zero-order chi connectivity index (χ0) is 37.7. The molecule has 2 atom stereocenters. The predicted molar refractivity (Wildman–Crippen MR) is 156 cm³/mol. The van der Waals surface area contributed by atoms with E-state index >= 15 is 0 Å². The van der Waals surface area contributed by atoms with Crippen LogP contribution in [0.2, 0.25) is 0 Å². The van der Waals surface area contributed by atoms with Crippen LogP contribution in [0, 0.1) is 5.92 Å². The molecule has 2 saturated heterocycles. The number of nitrogens with zero attached hydrogens (tertiary/aromatic N) is 6. The summed E-state index contributed by atoms with van der Waals surface area (Å²) in [6.45, 7) is -1.30. The van der Waals surface area contributed by atoms with E-state index in [1.807, 2.05) is 4.90 Å². The van der Waals surface area contributed by atoms with Crippen LogP contribution in [0.15, 0.2) is 24.7 Å². The molecule has 2 aliphatic rings. The first-order valence-corrected chi connectivity index (χ1v) is 15.2. The number of aliphatic hydroxyl groups is 1. The molecule has 0 bridgehead atoms. The number of likely N-dealkylation sites (tertiary alicyclic amines) is 2. The molecule has 0 saturated carbocycles. The van der Waals surface area contributed by atoms with Crippen molar-refractivity contribution in [3.63, 3.8) is 0 Å². The summed E-state index contributed by atoms with van der Waals surface area (Å²) in [7, 11) is 1.16. The van der Waals surface area contributed by atoms with Crippen LogP contribution in [-0.2, 0) is 11.3 Å². The molecule has 0 unspecified atom stereocenters. The van der Waals surface area contributed by atoms with Gasteiger partial charge in [-0.1, -0.05) is 0 Å². The largest absolute Gasteiger partial charge is 0.480 e. The second kappa shape index (κ2) is 13.6. The van der Waals surface area contributed by atoms with Crippen molar-refractivity contribution in [3.8, 4) is 17.1 Å². The van der Waals surface area contributed by atoms with E-state index in [9.17, 15) is 58.6 Å². The van der Waals surface area contributed by atoms with Gasteiger partial charge in [-0.15, -0.1) is 0 Å². The van der Waals surface area contributed by atoms with Gasteiger partial charge in [-0.2, -0.15) is 44.6 Å². The molecule has 22 heteroatoms. The Morgan fingerprint density at radius 1 is 1.02 bits per heavy atom. The van der Waals surface area contributed by atoms with Crippen molar-refractivity contribution in [2.45, 2.75) is 62.2 Å². The Hall–Kier alpha value is -4.47. The average molecular weight is 745 g/mol. The van der Waals surface area contributed by atoms with Crippen molar-refractivity contribution in [2.75, 3.05) is 39.0 Å². The van der Waals surface area contributed by atoms with Crippen molar-refractivity contribution in [3.05, 3.63) is 35.8 Å². The number of nitrogen functional groups attached to an aromatic ring is 1. The highest BCUT2D eigenvalue weighted by Gasteiger charge is 2.71. The quantitative estimate of drug-likeness (QED) is 0.294. The molecule has 0 spiro atoms. The molecular weight excluding hydrogens is 714 g/mol. The number of nitrogens with two attached hydrogens (primary N) is 1. The number of methoxy groups -OCH3 is 1. The van der Waals surface area contributed by atoms with Gasteiger partial charge in [-0.25, -0.2) is 18.9 Å². The third-order valence-electron chi connectivity index (χ3n) is 8.95. The standard InChI is InChI=1S/C29H30F10N8O4/c1-51-25-17(24(49)44-19-12-46(11-18(19)30)21(48)8-26(50,28(34,35)36)29(37,38)39)6-14(9-41-25)20-7-15(22-23(40)42-13-43-47(20)22)10-45-4-2-16(3-5-45)27(31,32)33/h6-7,9,13,16,18-19,50H,2-5,8,10-12H2,1H3,(H,44,49)(H2,40,42,43)/t18-,19+/m0/s1. The molecular formula is C29H30F10N8O4. The molecule has 2 aliphatic heterocycles. The van der Waals surface area contributed by atoms with Crippen LogP contribution in [0.3, 0.4) is 0 Å². The topological polar surface area (TPSA) is 151 Å². The maximum Gasteiger partial charge on any atom is 0.426 e. The Labute approximate surface area is 281 Å². The minimum absolute atomic E-state index is 0.0501. The molecule has 4 N–H and O–H groups in total. The number of fused-ring (bicyclic) bond motifs is 1. The number of hydrogen-bond acceptors (Lipinski definition) is 9. The van der Waals surface area contributed by atoms with E-state index in [0.717, 1.165) is 13.4 Å². The van der Waals surface area contributed by atoms with Crippen LogP contribution in [0.4, 0.5) is 49.7 Å². The van der Waals surface area contributed by atoms with E-state index < -0.39 is 73.6 Å². The Morgan fingerprint density at radius 2 is 1.67 bits per heavy atom. The van der Waals surface area contributed by atoms with Crippen LogP contribution in [0.25, 0.3) is 16.8 Å². The number of amides is 2. The summed E-state index contributed by atoms with van der Waals surface area (Å²) in [5, 5.41) is 15.9. The van der Waals surface area contributed by atoms with Gasteiger partial charge in [0.2, 0.25) is 11.8 Å². The molecule has 0 aromatic carbocycles. The molecule has 51 heavy (non-hydrogen) atoms. The fourth-order valence-corrected chi connectivity index (χ4v) is 6.09. The van der Waals surface area contributed by atoms with Crippen molar-refractivity contribution in [2.24, 2.45) is 5.92 Å². The monoisotopic (exact) mass is 744 g/mol. The maximum atomic E-state index is 14.9. The van der Waals surface area contributed by atoms with Gasteiger partial charge < -0.3 is 25.8 Å². The van der Waals surface area contributed by atoms with Gasteiger partial charge in [0, 0.05) is 24.8 Å². The van der Waals surface area contributed by atoms with Crippen molar-refractivity contribution < 1.29 is 63.3 Å². The number of anilines is 1. The van der Waals surface area contributed by atoms with E-state index in [0.29, 0.717) is 21.7 Å². The number of piperidine rings is 1. The van der Waals surface area contributed by atoms with Crippen LogP contribution in [0.1, 0.15) is 35.2 Å². The minimum atomic E-state index is -6.27. The van der Waals surface area contributed by atoms with E-state index in [2.05, 4.69) is 20.4 Å². The first-order valence-electron chi connectivity index (χ1n) is 15.2. The summed E-state index contributed by atoms with van der Waals surface area (Å²) in [6, 6.07) is 1.31. The highest BCUT2D eigenvalue weighted by atomic mass is 19.4. The molecule has 2 amide bonds. The fourth-order valence-electron chi connectivity index (χ4n) is 6.09. The lowest BCUT2D eigenvalue weighted by atomic mass is 9.96. The number of halogens is 10. The number of rotatable bonds is 8. The second-order valence-corrected chi connectivity index (χ2v) is 12.3. The summed E-state index contributed by atoms with van der Waals surface area (Å²) in [6.07, 6.45) is -19.2. The van der Waals surface area contributed by atoms with Gasteiger partial charge in [-0.05, 0) is 43.6 Å². The molecule has 3 aromatic heterocycles. The van der Waals surface area contributed by atoms with Gasteiger partial charge in [0.15, 0.2) is 5.82 Å². The summed E-state index contributed by atoms with van der Waals surface area (Å²) >= 11 is 0. The first-order chi connectivity index (χ1) is 23.6. The minimum Gasteiger partial charge on any atom is -0.480 e. The van der Waals surface area contributed by atoms with E-state index in [4.69, 9.17) is 10.5 Å². The molecule has 5 heterocycles. The number of carbonyl (C=O) groups is 2. The maximum absolute atomic E-state index is 14.9. The highest BCUT2D eigenvalue weighted by molar-refractivity contribution is 5.98. The number of pyridine rings is 1. The van der Waals surface area contributed by atoms with Gasteiger partial charge in [0.25, 0.3) is 11.5 Å². The summed E-state index contributed by atoms with van der Waals surface area (Å²) in [4.78, 5) is 36.0. The Kier molecular flexibility index (Phi) is 10.1. The summed E-state index contributed by atoms with van der Waals surface area (Å²) < 4.78 is 140. The van der Waals surface area contributed by atoms with Crippen LogP contribution in [-0.4, -0.2) is 116 Å². The number of nitrogens with one attached hydrogen (secondary N) is 1. The molecule has 12 nitrogen and oxygen atoms in total. The van der Waals surface area contributed by atoms with Gasteiger partial charge >= 0.3 is 18.5 Å². The number of alkyl halides is 10. The van der Waals surface area contributed by atoms with Gasteiger partial charge in [0.1, 0.15) is 23.6 Å². The normalized spacial score (nSPS) is 19.9. The lowest BCUT2D eigenvalue weighted by Crippen LogP contribution is -2.59. The Morgan fingerprint density at radius 3 is 2.25 bits per heavy atom. The number of aromatic nitrogens is 4. The van der Waals surface area contributed by atoms with Crippen LogP contribution >= 0.6 is 0 Å². The smallest absolute Gasteiger partial charge is 0.426 e. The number of hydrogen-bond donors (Lipinski definition) is 3. The second-order valence-electron chi connectivity index (χ2n) is 12.3. The highest BCUT2D eigenvalue weighted by Crippen LogP contribution is 2.45. The first kappa shape index (κ1) is 37.8. The molecule has 5 rings (SSSR count). The molecule has 0 aliphatic carbocycles. The Balaban J connectivity index is 1.36. The Bertz CT molecular complexity index is 1760.